The largest absolute Gasteiger partial charge is 0.418 e. The van der Waals surface area contributed by atoms with Crippen molar-refractivity contribution in [2.75, 3.05) is 5.32 Å². The van der Waals surface area contributed by atoms with E-state index in [1.165, 1.54) is 6.07 Å². The molecule has 0 aliphatic heterocycles. The van der Waals surface area contributed by atoms with Crippen molar-refractivity contribution >= 4 is 21.6 Å². The summed E-state index contributed by atoms with van der Waals surface area (Å²) in [6, 6.07) is 4.57. The number of nitrogens with zero attached hydrogens (tertiary/aromatic N) is 2. The Balaban J connectivity index is 1.80. The number of imidazole rings is 1. The van der Waals surface area contributed by atoms with Gasteiger partial charge in [0.15, 0.2) is 0 Å². The topological polar surface area (TPSA) is 29.9 Å². The van der Waals surface area contributed by atoms with Gasteiger partial charge >= 0.3 is 6.18 Å². The Kier molecular flexibility index (Phi) is 3.69. The van der Waals surface area contributed by atoms with Crippen LogP contribution in [0.25, 0.3) is 0 Å². The van der Waals surface area contributed by atoms with Gasteiger partial charge in [0, 0.05) is 22.4 Å². The number of halogens is 4. The minimum atomic E-state index is -4.39. The van der Waals surface area contributed by atoms with Gasteiger partial charge in [-0.1, -0.05) is 15.9 Å². The molecule has 0 unspecified atom stereocenters. The van der Waals surface area contributed by atoms with E-state index in [1.54, 1.807) is 18.6 Å². The molecule has 7 heteroatoms. The van der Waals surface area contributed by atoms with E-state index in [2.05, 4.69) is 26.2 Å². The number of benzene rings is 1. The normalized spacial score (nSPS) is 15.2. The van der Waals surface area contributed by atoms with Crippen LogP contribution in [0, 0.1) is 0 Å². The Morgan fingerprint density at radius 1 is 1.33 bits per heavy atom. The maximum Gasteiger partial charge on any atom is 0.418 e. The number of rotatable bonds is 4. The van der Waals surface area contributed by atoms with Crippen LogP contribution >= 0.6 is 15.9 Å². The number of nitrogens with one attached hydrogen (secondary N) is 1. The van der Waals surface area contributed by atoms with Gasteiger partial charge in [0.05, 0.1) is 24.1 Å². The molecule has 0 spiro atoms. The van der Waals surface area contributed by atoms with Crippen molar-refractivity contribution in [3.05, 3.63) is 46.5 Å². The molecule has 112 valence electrons. The third-order valence-electron chi connectivity index (χ3n) is 3.43. The molecule has 1 aliphatic rings. The Morgan fingerprint density at radius 2 is 2.10 bits per heavy atom. The number of anilines is 1. The van der Waals surface area contributed by atoms with Crippen molar-refractivity contribution in [3.63, 3.8) is 0 Å². The predicted molar refractivity (Wildman–Crippen MR) is 77.0 cm³/mol. The number of hydrogen-bond acceptors (Lipinski definition) is 2. The SMILES string of the molecule is FC(F)(F)c1cc(Br)ccc1NCc1cncn1C1CC1. The second-order valence-electron chi connectivity index (χ2n) is 5.06. The minimum Gasteiger partial charge on any atom is -0.379 e. The summed E-state index contributed by atoms with van der Waals surface area (Å²) in [5.74, 6) is 0. The zero-order chi connectivity index (χ0) is 15.0. The highest BCUT2D eigenvalue weighted by molar-refractivity contribution is 9.10. The highest BCUT2D eigenvalue weighted by Gasteiger charge is 2.33. The van der Waals surface area contributed by atoms with Gasteiger partial charge < -0.3 is 9.88 Å². The van der Waals surface area contributed by atoms with E-state index in [1.807, 2.05) is 4.57 Å². The lowest BCUT2D eigenvalue weighted by atomic mass is 10.1. The molecular formula is C14H13BrF3N3. The van der Waals surface area contributed by atoms with Gasteiger partial charge in [-0.05, 0) is 31.0 Å². The van der Waals surface area contributed by atoms with E-state index in [0.717, 1.165) is 24.6 Å². The third-order valence-corrected chi connectivity index (χ3v) is 3.93. The quantitative estimate of drug-likeness (QED) is 0.863. The van der Waals surface area contributed by atoms with Gasteiger partial charge in [-0.15, -0.1) is 0 Å². The van der Waals surface area contributed by atoms with E-state index in [-0.39, 0.29) is 5.69 Å². The fraction of sp³-hybridized carbons (Fsp3) is 0.357. The van der Waals surface area contributed by atoms with Crippen LogP contribution < -0.4 is 5.32 Å². The number of aromatic nitrogens is 2. The highest BCUT2D eigenvalue weighted by atomic mass is 79.9. The van der Waals surface area contributed by atoms with E-state index >= 15 is 0 Å². The van der Waals surface area contributed by atoms with Crippen molar-refractivity contribution in [3.8, 4) is 0 Å². The summed E-state index contributed by atoms with van der Waals surface area (Å²) in [5.41, 5.74) is 0.303. The van der Waals surface area contributed by atoms with Crippen molar-refractivity contribution in [1.29, 1.82) is 0 Å². The molecule has 0 radical (unpaired) electrons. The fourth-order valence-corrected chi connectivity index (χ4v) is 2.60. The van der Waals surface area contributed by atoms with Gasteiger partial charge in [-0.3, -0.25) is 0 Å². The monoisotopic (exact) mass is 359 g/mol. The maximum absolute atomic E-state index is 13.0. The van der Waals surface area contributed by atoms with Crippen LogP contribution in [-0.4, -0.2) is 9.55 Å². The zero-order valence-corrected chi connectivity index (χ0v) is 12.6. The summed E-state index contributed by atoms with van der Waals surface area (Å²) in [4.78, 5) is 4.07. The van der Waals surface area contributed by atoms with Gasteiger partial charge in [-0.25, -0.2) is 4.98 Å². The number of alkyl halides is 3. The molecule has 0 atom stereocenters. The molecule has 0 saturated heterocycles. The highest BCUT2D eigenvalue weighted by Crippen LogP contribution is 2.38. The molecule has 1 fully saturated rings. The molecule has 1 N–H and O–H groups in total. The second-order valence-corrected chi connectivity index (χ2v) is 5.98. The minimum absolute atomic E-state index is 0.0780. The number of hydrogen-bond donors (Lipinski definition) is 1. The molecule has 0 bridgehead atoms. The molecule has 1 aromatic carbocycles. The molecule has 1 aromatic heterocycles. The molecule has 21 heavy (non-hydrogen) atoms. The molecule has 3 nitrogen and oxygen atoms in total. The van der Waals surface area contributed by atoms with Gasteiger partial charge in [0.2, 0.25) is 0 Å². The molecule has 3 rings (SSSR count). The van der Waals surface area contributed by atoms with Gasteiger partial charge in [0.25, 0.3) is 0 Å². The van der Waals surface area contributed by atoms with Crippen molar-refractivity contribution in [1.82, 2.24) is 9.55 Å². The lowest BCUT2D eigenvalue weighted by molar-refractivity contribution is -0.137. The standard InChI is InChI=1S/C14H13BrF3N3/c15-9-1-4-13(12(5-9)14(16,17)18)20-7-11-6-19-8-21(11)10-2-3-10/h1,4-6,8,10,20H,2-3,7H2. The van der Waals surface area contributed by atoms with Crippen LogP contribution in [0.1, 0.15) is 30.1 Å². The summed E-state index contributed by atoms with van der Waals surface area (Å²) in [5, 5.41) is 2.87. The molecule has 0 amide bonds. The summed E-state index contributed by atoms with van der Waals surface area (Å²) in [6.45, 7) is 0.321. The molecule has 2 aromatic rings. The Bertz CT molecular complexity index is 647. The van der Waals surface area contributed by atoms with Gasteiger partial charge in [0.1, 0.15) is 0 Å². The fourth-order valence-electron chi connectivity index (χ4n) is 2.24. The first-order valence-corrected chi connectivity index (χ1v) is 7.36. The van der Waals surface area contributed by atoms with E-state index in [4.69, 9.17) is 0 Å². The average molecular weight is 360 g/mol. The zero-order valence-electron chi connectivity index (χ0n) is 11.0. The van der Waals surface area contributed by atoms with E-state index < -0.39 is 11.7 Å². The van der Waals surface area contributed by atoms with Crippen molar-refractivity contribution < 1.29 is 13.2 Å². The average Bonchev–Trinajstić information content (AvgIpc) is 3.15. The summed E-state index contributed by atoms with van der Waals surface area (Å²) >= 11 is 3.08. The maximum atomic E-state index is 13.0. The summed E-state index contributed by atoms with van der Waals surface area (Å²) < 4.78 is 41.5. The van der Waals surface area contributed by atoms with Crippen LogP contribution in [-0.2, 0) is 12.7 Å². The Morgan fingerprint density at radius 3 is 2.76 bits per heavy atom. The molecular weight excluding hydrogens is 347 g/mol. The van der Waals surface area contributed by atoms with Crippen LogP contribution in [0.15, 0.2) is 35.2 Å². The predicted octanol–water partition coefficient (Wildman–Crippen LogP) is 4.61. The van der Waals surface area contributed by atoms with Crippen LogP contribution in [0.2, 0.25) is 0 Å². The lowest BCUT2D eigenvalue weighted by Gasteiger charge is -2.15. The van der Waals surface area contributed by atoms with Gasteiger partial charge in [-0.2, -0.15) is 13.2 Å². The van der Waals surface area contributed by atoms with E-state index in [0.29, 0.717) is 17.1 Å². The summed E-state index contributed by atoms with van der Waals surface area (Å²) in [7, 11) is 0. The van der Waals surface area contributed by atoms with Crippen molar-refractivity contribution in [2.45, 2.75) is 31.6 Å². The Hall–Kier alpha value is -1.50. The van der Waals surface area contributed by atoms with Crippen LogP contribution in [0.3, 0.4) is 0 Å². The third kappa shape index (κ3) is 3.23. The smallest absolute Gasteiger partial charge is 0.379 e. The van der Waals surface area contributed by atoms with Crippen LogP contribution in [0.4, 0.5) is 18.9 Å². The second kappa shape index (κ2) is 5.36. The summed E-state index contributed by atoms with van der Waals surface area (Å²) in [6.07, 6.45) is 1.26. The first-order valence-electron chi connectivity index (χ1n) is 6.56. The molecule has 1 heterocycles. The lowest BCUT2D eigenvalue weighted by Crippen LogP contribution is -2.12. The first-order chi connectivity index (χ1) is 9.95. The van der Waals surface area contributed by atoms with Crippen LogP contribution in [0.5, 0.6) is 0 Å². The first kappa shape index (κ1) is 14.4. The Labute approximate surface area is 128 Å². The molecule has 1 saturated carbocycles. The van der Waals surface area contributed by atoms with Crippen molar-refractivity contribution in [2.24, 2.45) is 0 Å². The van der Waals surface area contributed by atoms with E-state index in [9.17, 15) is 13.2 Å². The molecule has 1 aliphatic carbocycles.